The fourth-order valence-corrected chi connectivity index (χ4v) is 6.45. The van der Waals surface area contributed by atoms with Crippen LogP contribution in [-0.2, 0) is 10.3 Å². The van der Waals surface area contributed by atoms with E-state index in [-0.39, 0.29) is 22.6 Å². The van der Waals surface area contributed by atoms with Gasteiger partial charge in [0.1, 0.15) is 11.5 Å². The minimum absolute atomic E-state index is 0.0457. The Hall–Kier alpha value is -2.84. The molecule has 8 heteroatoms. The molecular weight excluding hydrogens is 556 g/mol. The van der Waals surface area contributed by atoms with Crippen LogP contribution in [0.25, 0.3) is 0 Å². The van der Waals surface area contributed by atoms with Crippen molar-refractivity contribution in [1.29, 1.82) is 0 Å². The number of aromatic carboxylic acids is 1. The summed E-state index contributed by atoms with van der Waals surface area (Å²) in [6.07, 6.45) is 0. The Morgan fingerprint density at radius 3 is 1.82 bits per heavy atom. The highest BCUT2D eigenvalue weighted by Gasteiger charge is 2.53. The Labute approximate surface area is 207 Å². The predicted octanol–water partition coefficient (Wildman–Crippen LogP) is 6.02. The smallest absolute Gasteiger partial charge is 0.340 e. The van der Waals surface area contributed by atoms with Gasteiger partial charge in [-0.05, 0) is 63.1 Å². The highest BCUT2D eigenvalue weighted by Crippen LogP contribution is 2.55. The molecule has 1 aliphatic heterocycles. The number of phenolic OH excluding ortho intramolecular Hbond substituents is 2. The molecule has 0 bridgehead atoms. The molecule has 0 spiro atoms. The van der Waals surface area contributed by atoms with Crippen molar-refractivity contribution in [3.8, 4) is 11.5 Å². The fourth-order valence-electron chi connectivity index (χ4n) is 4.61. The number of phenols is 2. The third kappa shape index (κ3) is 3.27. The van der Waals surface area contributed by atoms with Gasteiger partial charge in [-0.3, -0.25) is 0 Å². The lowest BCUT2D eigenvalue weighted by atomic mass is 9.75. The number of rotatable bonds is 3. The van der Waals surface area contributed by atoms with E-state index in [9.17, 15) is 24.9 Å². The number of fused-ring (bicyclic) bond motifs is 1. The number of carbonyl (C=O) groups is 2. The Kier molecular flexibility index (Phi) is 5.57. The largest absolute Gasteiger partial charge is 0.507 e. The van der Waals surface area contributed by atoms with Crippen molar-refractivity contribution in [2.75, 3.05) is 0 Å². The predicted molar refractivity (Wildman–Crippen MR) is 129 cm³/mol. The van der Waals surface area contributed by atoms with Gasteiger partial charge >= 0.3 is 11.9 Å². The van der Waals surface area contributed by atoms with Crippen LogP contribution < -0.4 is 0 Å². The van der Waals surface area contributed by atoms with Crippen LogP contribution in [0.2, 0.25) is 0 Å². The van der Waals surface area contributed by atoms with Crippen LogP contribution in [0, 0.1) is 27.7 Å². The van der Waals surface area contributed by atoms with E-state index in [4.69, 9.17) is 4.74 Å². The first-order chi connectivity index (χ1) is 15.4. The summed E-state index contributed by atoms with van der Waals surface area (Å²) in [5.41, 5.74) is 2.09. The maximum Gasteiger partial charge on any atom is 0.340 e. The van der Waals surface area contributed by atoms with E-state index in [1.807, 2.05) is 0 Å². The zero-order valence-electron chi connectivity index (χ0n) is 18.2. The van der Waals surface area contributed by atoms with Crippen LogP contribution in [0.15, 0.2) is 39.3 Å². The Morgan fingerprint density at radius 1 is 0.879 bits per heavy atom. The first-order valence-electron chi connectivity index (χ1n) is 10.0. The maximum absolute atomic E-state index is 13.2. The van der Waals surface area contributed by atoms with Crippen LogP contribution in [0.4, 0.5) is 0 Å². The van der Waals surface area contributed by atoms with Crippen LogP contribution >= 0.6 is 31.9 Å². The zero-order valence-corrected chi connectivity index (χ0v) is 21.4. The lowest BCUT2D eigenvalue weighted by molar-refractivity contribution is 0.0242. The molecule has 0 unspecified atom stereocenters. The number of carboxylic acid groups (broad SMARTS) is 1. The molecule has 0 saturated heterocycles. The minimum atomic E-state index is -1.56. The molecule has 0 amide bonds. The van der Waals surface area contributed by atoms with Crippen molar-refractivity contribution in [1.82, 2.24) is 0 Å². The van der Waals surface area contributed by atoms with Gasteiger partial charge < -0.3 is 20.1 Å². The van der Waals surface area contributed by atoms with E-state index in [2.05, 4.69) is 31.9 Å². The maximum atomic E-state index is 13.2. The third-order valence-corrected chi connectivity index (χ3v) is 7.44. The topological polar surface area (TPSA) is 104 Å². The van der Waals surface area contributed by atoms with Crippen molar-refractivity contribution in [2.24, 2.45) is 0 Å². The summed E-state index contributed by atoms with van der Waals surface area (Å²) in [4.78, 5) is 24.7. The summed E-state index contributed by atoms with van der Waals surface area (Å²) in [5.74, 6) is -1.78. The minimum Gasteiger partial charge on any atom is -0.507 e. The highest BCUT2D eigenvalue weighted by atomic mass is 79.9. The second-order valence-electron chi connectivity index (χ2n) is 8.18. The molecule has 3 N–H and O–H groups in total. The van der Waals surface area contributed by atoms with E-state index in [0.717, 1.165) is 0 Å². The molecular formula is C25H20Br2O6. The second-order valence-corrected chi connectivity index (χ2v) is 9.89. The van der Waals surface area contributed by atoms with Crippen LogP contribution in [0.1, 0.15) is 59.7 Å². The lowest BCUT2D eigenvalue weighted by Gasteiger charge is -2.35. The normalized spacial score (nSPS) is 14.2. The van der Waals surface area contributed by atoms with E-state index in [0.29, 0.717) is 47.9 Å². The number of halogens is 2. The molecule has 0 aromatic heterocycles. The van der Waals surface area contributed by atoms with Gasteiger partial charge in [-0.2, -0.15) is 0 Å². The average molecular weight is 576 g/mol. The van der Waals surface area contributed by atoms with Crippen LogP contribution in [-0.4, -0.2) is 27.3 Å². The summed E-state index contributed by atoms with van der Waals surface area (Å²) in [6, 6.07) is 7.71. The molecule has 0 atom stereocenters. The van der Waals surface area contributed by atoms with Crippen molar-refractivity contribution < 1.29 is 29.6 Å². The molecule has 0 fully saturated rings. The molecule has 0 radical (unpaired) electrons. The average Bonchev–Trinajstić information content (AvgIpc) is 3.02. The molecule has 0 saturated carbocycles. The Bertz CT molecular complexity index is 1310. The van der Waals surface area contributed by atoms with E-state index in [1.54, 1.807) is 45.9 Å². The summed E-state index contributed by atoms with van der Waals surface area (Å²) in [6.45, 7) is 6.96. The molecule has 33 heavy (non-hydrogen) atoms. The van der Waals surface area contributed by atoms with Crippen molar-refractivity contribution >= 4 is 43.8 Å². The highest BCUT2D eigenvalue weighted by molar-refractivity contribution is 9.10. The summed E-state index contributed by atoms with van der Waals surface area (Å²) >= 11 is 7.18. The van der Waals surface area contributed by atoms with Gasteiger partial charge in [-0.25, -0.2) is 9.59 Å². The standard InChI is InChI=1S/C25H20Br2O6/c1-10-7-17(26)19(12(3)21(10)28)25(20-13(4)22(29)11(2)8-18(20)27)16-6-5-14(23(30)31)9-15(16)24(32)33-25/h5-9,28-29H,1-4H3,(H,30,31). The molecule has 4 rings (SSSR count). The Balaban J connectivity index is 2.23. The zero-order chi connectivity index (χ0) is 24.4. The van der Waals surface area contributed by atoms with E-state index in [1.165, 1.54) is 12.1 Å². The van der Waals surface area contributed by atoms with Crippen LogP contribution in [0.5, 0.6) is 11.5 Å². The molecule has 0 aliphatic carbocycles. The van der Waals surface area contributed by atoms with Gasteiger partial charge in [-0.15, -0.1) is 0 Å². The van der Waals surface area contributed by atoms with Gasteiger partial charge in [0.15, 0.2) is 5.60 Å². The number of carbonyl (C=O) groups excluding carboxylic acids is 1. The monoisotopic (exact) mass is 574 g/mol. The fraction of sp³-hybridized carbons (Fsp3) is 0.200. The molecule has 1 heterocycles. The van der Waals surface area contributed by atoms with E-state index < -0.39 is 17.5 Å². The van der Waals surface area contributed by atoms with Gasteiger partial charge in [-0.1, -0.05) is 37.9 Å². The third-order valence-electron chi connectivity index (χ3n) is 6.19. The van der Waals surface area contributed by atoms with Crippen molar-refractivity contribution in [3.63, 3.8) is 0 Å². The molecule has 6 nitrogen and oxygen atoms in total. The number of aromatic hydroxyl groups is 2. The van der Waals surface area contributed by atoms with Gasteiger partial charge in [0.05, 0.1) is 11.1 Å². The quantitative estimate of drug-likeness (QED) is 0.330. The molecule has 3 aromatic rings. The number of benzene rings is 3. The number of hydrogen-bond donors (Lipinski definition) is 3. The molecule has 3 aromatic carbocycles. The summed E-state index contributed by atoms with van der Waals surface area (Å²) in [5, 5.41) is 31.0. The number of cyclic esters (lactones) is 1. The van der Waals surface area contributed by atoms with Gasteiger partial charge in [0, 0.05) is 36.8 Å². The first-order valence-corrected chi connectivity index (χ1v) is 11.6. The van der Waals surface area contributed by atoms with Gasteiger partial charge in [0.2, 0.25) is 0 Å². The van der Waals surface area contributed by atoms with Gasteiger partial charge in [0.25, 0.3) is 0 Å². The van der Waals surface area contributed by atoms with E-state index >= 15 is 0 Å². The summed E-state index contributed by atoms with van der Waals surface area (Å²) < 4.78 is 7.30. The van der Waals surface area contributed by atoms with Crippen LogP contribution in [0.3, 0.4) is 0 Å². The Morgan fingerprint density at radius 2 is 1.36 bits per heavy atom. The number of esters is 1. The number of carboxylic acids is 1. The SMILES string of the molecule is Cc1cc(Br)c(C2(c3c(Br)cc(C)c(O)c3C)OC(=O)c3cc(C(=O)O)ccc32)c(C)c1O. The van der Waals surface area contributed by atoms with Crippen molar-refractivity contribution in [3.05, 3.63) is 89.3 Å². The first kappa shape index (κ1) is 23.3. The number of hydrogen-bond acceptors (Lipinski definition) is 5. The molecule has 170 valence electrons. The van der Waals surface area contributed by atoms with Crippen molar-refractivity contribution in [2.45, 2.75) is 33.3 Å². The lowest BCUT2D eigenvalue weighted by Crippen LogP contribution is -2.32. The second kappa shape index (κ2) is 7.88. The molecule has 1 aliphatic rings. The number of ether oxygens (including phenoxy) is 1. The summed E-state index contributed by atoms with van der Waals surface area (Å²) in [7, 11) is 0. The number of aryl methyl sites for hydroxylation is 2.